The Bertz CT molecular complexity index is 990. The Morgan fingerprint density at radius 1 is 1.41 bits per heavy atom. The lowest BCUT2D eigenvalue weighted by Gasteiger charge is -2.49. The highest BCUT2D eigenvalue weighted by molar-refractivity contribution is 8.01. The Labute approximate surface area is 174 Å². The number of amides is 2. The van der Waals surface area contributed by atoms with Crippen molar-refractivity contribution in [2.45, 2.75) is 23.5 Å². The van der Waals surface area contributed by atoms with Gasteiger partial charge in [-0.1, -0.05) is 18.7 Å². The summed E-state index contributed by atoms with van der Waals surface area (Å²) in [5.41, 5.74) is 0.423. The Hall–Kier alpha value is -2.13. The van der Waals surface area contributed by atoms with E-state index in [2.05, 4.69) is 20.8 Å². The predicted molar refractivity (Wildman–Crippen MR) is 104 cm³/mol. The number of aromatic nitrogens is 4. The molecule has 1 aromatic heterocycles. The van der Waals surface area contributed by atoms with Crippen LogP contribution in [0.5, 0.6) is 0 Å². The summed E-state index contributed by atoms with van der Waals surface area (Å²) in [5.74, 6) is -2.86. The van der Waals surface area contributed by atoms with Crippen molar-refractivity contribution in [3.05, 3.63) is 11.3 Å². The molecule has 2 aliphatic heterocycles. The zero-order valence-electron chi connectivity index (χ0n) is 15.4. The van der Waals surface area contributed by atoms with E-state index in [4.69, 9.17) is 0 Å². The number of rotatable bonds is 8. The molecule has 1 fully saturated rings. The number of tetrazole rings is 1. The van der Waals surface area contributed by atoms with Gasteiger partial charge in [-0.25, -0.2) is 17.9 Å². The molecule has 0 saturated carbocycles. The number of carbonyl (C=O) groups is 3. The van der Waals surface area contributed by atoms with Gasteiger partial charge < -0.3 is 10.4 Å². The smallest absolute Gasteiger partial charge is 0.352 e. The Morgan fingerprint density at radius 2 is 2.14 bits per heavy atom. The van der Waals surface area contributed by atoms with Gasteiger partial charge in [-0.15, -0.1) is 16.9 Å². The van der Waals surface area contributed by atoms with E-state index in [1.165, 1.54) is 35.1 Å². The van der Waals surface area contributed by atoms with Crippen LogP contribution in [0, 0.1) is 0 Å². The SMILES string of the molecule is CCS(=O)(=O)CC(=O)NC1C(=O)N2C(C(=O)O)=C(CSc3nnnn3C)CS[C@H]12. The summed E-state index contributed by atoms with van der Waals surface area (Å²) in [6, 6.07) is -0.953. The molecular weight excluding hydrogens is 444 g/mol. The van der Waals surface area contributed by atoms with Crippen molar-refractivity contribution in [2.24, 2.45) is 7.05 Å². The molecule has 15 heteroatoms. The van der Waals surface area contributed by atoms with Crippen LogP contribution >= 0.6 is 23.5 Å². The summed E-state index contributed by atoms with van der Waals surface area (Å²) < 4.78 is 24.6. The first kappa shape index (κ1) is 21.6. The molecule has 0 radical (unpaired) electrons. The third kappa shape index (κ3) is 4.40. The number of β-lactam (4-membered cyclic amide) rings is 1. The molecule has 3 rings (SSSR count). The highest BCUT2D eigenvalue weighted by Crippen LogP contribution is 2.41. The van der Waals surface area contributed by atoms with Gasteiger partial charge in [-0.05, 0) is 16.0 Å². The second kappa shape index (κ2) is 8.31. The number of fused-ring (bicyclic) bond motifs is 1. The van der Waals surface area contributed by atoms with E-state index in [9.17, 15) is 27.9 Å². The molecule has 0 spiro atoms. The number of hydrogen-bond acceptors (Lipinski definition) is 10. The fraction of sp³-hybridized carbons (Fsp3) is 0.571. The first-order valence-electron chi connectivity index (χ1n) is 8.39. The second-order valence-electron chi connectivity index (χ2n) is 6.26. The fourth-order valence-corrected chi connectivity index (χ4v) is 5.83. The molecule has 2 atom stereocenters. The van der Waals surface area contributed by atoms with E-state index in [-0.39, 0.29) is 17.2 Å². The Kier molecular flexibility index (Phi) is 6.19. The maximum atomic E-state index is 12.5. The molecular formula is C14H18N6O6S3. The molecule has 0 aliphatic carbocycles. The van der Waals surface area contributed by atoms with Gasteiger partial charge >= 0.3 is 5.97 Å². The van der Waals surface area contributed by atoms with Crippen LogP contribution < -0.4 is 5.32 Å². The molecule has 0 aromatic carbocycles. The standard InChI is InChI=1S/C14H18N6O6S3/c1-3-29(25,26)6-8(21)15-9-11(22)20-10(13(23)24)7(4-27-12(9)20)5-28-14-16-17-18-19(14)2/h9,12H,3-6H2,1-2H3,(H,15,21)(H,23,24)/t9?,12-/m1/s1. The van der Waals surface area contributed by atoms with E-state index < -0.39 is 44.8 Å². The summed E-state index contributed by atoms with van der Waals surface area (Å²) in [4.78, 5) is 37.4. The van der Waals surface area contributed by atoms with E-state index >= 15 is 0 Å². The van der Waals surface area contributed by atoms with E-state index in [0.29, 0.717) is 16.5 Å². The Balaban J connectivity index is 1.71. The van der Waals surface area contributed by atoms with Gasteiger partial charge in [0, 0.05) is 24.3 Å². The zero-order valence-corrected chi connectivity index (χ0v) is 17.9. The third-order valence-electron chi connectivity index (χ3n) is 4.31. The van der Waals surface area contributed by atoms with Gasteiger partial charge in [0.05, 0.1) is 0 Å². The summed E-state index contributed by atoms with van der Waals surface area (Å²) in [6.45, 7) is 1.43. The van der Waals surface area contributed by atoms with Gasteiger partial charge in [-0.2, -0.15) is 0 Å². The van der Waals surface area contributed by atoms with Crippen LogP contribution in [0.2, 0.25) is 0 Å². The summed E-state index contributed by atoms with van der Waals surface area (Å²) in [6.07, 6.45) is 0. The van der Waals surface area contributed by atoms with Crippen LogP contribution in [0.4, 0.5) is 0 Å². The average molecular weight is 463 g/mol. The number of aliphatic carboxylic acids is 1. The molecule has 1 aromatic rings. The monoisotopic (exact) mass is 462 g/mol. The van der Waals surface area contributed by atoms with Crippen LogP contribution in [-0.4, -0.2) is 90.8 Å². The van der Waals surface area contributed by atoms with Gasteiger partial charge in [0.1, 0.15) is 22.9 Å². The van der Waals surface area contributed by atoms with Gasteiger partial charge in [0.2, 0.25) is 11.1 Å². The van der Waals surface area contributed by atoms with Crippen molar-refractivity contribution < 1.29 is 27.9 Å². The lowest BCUT2D eigenvalue weighted by atomic mass is 10.0. The number of carboxylic acid groups (broad SMARTS) is 1. The molecule has 1 saturated heterocycles. The number of thioether (sulfide) groups is 2. The molecule has 0 bridgehead atoms. The molecule has 2 N–H and O–H groups in total. The average Bonchev–Trinajstić information content (AvgIpc) is 3.07. The minimum Gasteiger partial charge on any atom is -0.477 e. The predicted octanol–water partition coefficient (Wildman–Crippen LogP) is -1.52. The molecule has 2 aliphatic rings. The number of nitrogens with zero attached hydrogens (tertiary/aromatic N) is 5. The minimum absolute atomic E-state index is 0.118. The quantitative estimate of drug-likeness (QED) is 0.340. The van der Waals surface area contributed by atoms with Crippen molar-refractivity contribution >= 4 is 51.1 Å². The van der Waals surface area contributed by atoms with E-state index in [0.717, 1.165) is 4.90 Å². The zero-order chi connectivity index (χ0) is 21.3. The van der Waals surface area contributed by atoms with Gasteiger partial charge in [0.15, 0.2) is 9.84 Å². The van der Waals surface area contributed by atoms with Crippen LogP contribution in [0.25, 0.3) is 0 Å². The van der Waals surface area contributed by atoms with Crippen molar-refractivity contribution in [1.29, 1.82) is 0 Å². The van der Waals surface area contributed by atoms with Gasteiger partial charge in [0.25, 0.3) is 5.91 Å². The number of nitrogens with one attached hydrogen (secondary N) is 1. The largest absolute Gasteiger partial charge is 0.477 e. The summed E-state index contributed by atoms with van der Waals surface area (Å²) >= 11 is 2.56. The molecule has 158 valence electrons. The number of hydrogen-bond donors (Lipinski definition) is 2. The fourth-order valence-electron chi connectivity index (χ4n) is 2.81. The highest BCUT2D eigenvalue weighted by Gasteiger charge is 2.54. The van der Waals surface area contributed by atoms with E-state index in [1.807, 2.05) is 0 Å². The molecule has 12 nitrogen and oxygen atoms in total. The maximum Gasteiger partial charge on any atom is 0.352 e. The summed E-state index contributed by atoms with van der Waals surface area (Å²) in [5, 5.41) is 23.0. The van der Waals surface area contributed by atoms with Crippen molar-refractivity contribution in [3.8, 4) is 0 Å². The normalized spacial score (nSPS) is 21.6. The molecule has 3 heterocycles. The first-order valence-corrected chi connectivity index (χ1v) is 12.2. The highest BCUT2D eigenvalue weighted by atomic mass is 32.2. The molecule has 29 heavy (non-hydrogen) atoms. The second-order valence-corrected chi connectivity index (χ2v) is 10.7. The lowest BCUT2D eigenvalue weighted by Crippen LogP contribution is -2.71. The van der Waals surface area contributed by atoms with Gasteiger partial charge in [-0.3, -0.25) is 14.5 Å². The van der Waals surface area contributed by atoms with Crippen LogP contribution in [-0.2, 0) is 31.3 Å². The van der Waals surface area contributed by atoms with Crippen LogP contribution in [0.3, 0.4) is 0 Å². The summed E-state index contributed by atoms with van der Waals surface area (Å²) in [7, 11) is -1.87. The van der Waals surface area contributed by atoms with Crippen molar-refractivity contribution in [3.63, 3.8) is 0 Å². The molecule has 1 unspecified atom stereocenters. The number of sulfone groups is 1. The van der Waals surface area contributed by atoms with Crippen LogP contribution in [0.1, 0.15) is 6.92 Å². The third-order valence-corrected chi connectivity index (χ3v) is 8.33. The maximum absolute atomic E-state index is 12.5. The molecule has 2 amide bonds. The number of carbonyl (C=O) groups excluding carboxylic acids is 2. The first-order chi connectivity index (χ1) is 13.6. The van der Waals surface area contributed by atoms with Crippen molar-refractivity contribution in [1.82, 2.24) is 30.4 Å². The lowest BCUT2D eigenvalue weighted by molar-refractivity contribution is -0.150. The number of aryl methyl sites for hydroxylation is 1. The Morgan fingerprint density at radius 3 is 2.72 bits per heavy atom. The topological polar surface area (TPSA) is 164 Å². The van der Waals surface area contributed by atoms with Crippen molar-refractivity contribution in [2.75, 3.05) is 23.0 Å². The number of carboxylic acids is 1. The minimum atomic E-state index is -3.53. The van der Waals surface area contributed by atoms with Crippen LogP contribution in [0.15, 0.2) is 16.4 Å². The van der Waals surface area contributed by atoms with E-state index in [1.54, 1.807) is 7.05 Å².